The number of amides is 3. The number of imide groups is 1. The van der Waals surface area contributed by atoms with Crippen LogP contribution in [0, 0.1) is 23.7 Å². The molecule has 1 saturated heterocycles. The molecule has 5 rings (SSSR count). The van der Waals surface area contributed by atoms with Crippen molar-refractivity contribution in [2.45, 2.75) is 16.1 Å². The summed E-state index contributed by atoms with van der Waals surface area (Å²) in [6, 6.07) is 15.9. The normalized spacial score (nSPS) is 32.6. The van der Waals surface area contributed by atoms with Gasteiger partial charge in [-0.3, -0.25) is 14.4 Å². The zero-order valence-corrected chi connectivity index (χ0v) is 18.5. The van der Waals surface area contributed by atoms with E-state index < -0.39 is 0 Å². The number of alkyl halides is 2. The summed E-state index contributed by atoms with van der Waals surface area (Å²) >= 11 is 7.41. The Morgan fingerprint density at radius 1 is 0.897 bits per heavy atom. The number of nitrogens with one attached hydrogen (secondary N) is 1. The molecule has 2 saturated carbocycles. The van der Waals surface area contributed by atoms with Crippen LogP contribution in [-0.2, 0) is 9.59 Å². The number of nitrogens with zero attached hydrogens (tertiary/aromatic N) is 1. The van der Waals surface area contributed by atoms with Gasteiger partial charge in [0.25, 0.3) is 5.91 Å². The van der Waals surface area contributed by atoms with Crippen LogP contribution >= 0.6 is 31.9 Å². The van der Waals surface area contributed by atoms with Gasteiger partial charge >= 0.3 is 0 Å². The van der Waals surface area contributed by atoms with Gasteiger partial charge in [0.05, 0.1) is 17.5 Å². The second kappa shape index (κ2) is 7.06. The van der Waals surface area contributed by atoms with E-state index in [2.05, 4.69) is 37.2 Å². The summed E-state index contributed by atoms with van der Waals surface area (Å²) in [5.41, 5.74) is 1.61. The van der Waals surface area contributed by atoms with E-state index in [0.717, 1.165) is 6.42 Å². The summed E-state index contributed by atoms with van der Waals surface area (Å²) < 4.78 is 0. The van der Waals surface area contributed by atoms with Crippen molar-refractivity contribution in [3.63, 3.8) is 0 Å². The first kappa shape index (κ1) is 19.0. The molecule has 2 aromatic rings. The van der Waals surface area contributed by atoms with Gasteiger partial charge in [-0.25, -0.2) is 4.90 Å². The third kappa shape index (κ3) is 2.89. The van der Waals surface area contributed by atoms with Gasteiger partial charge in [0.2, 0.25) is 11.8 Å². The predicted octanol–water partition coefficient (Wildman–Crippen LogP) is 4.22. The third-order valence-electron chi connectivity index (χ3n) is 6.39. The first-order valence-corrected chi connectivity index (χ1v) is 11.4. The molecule has 0 aromatic heterocycles. The Morgan fingerprint density at radius 3 is 2.14 bits per heavy atom. The number of hydrogen-bond donors (Lipinski definition) is 1. The summed E-state index contributed by atoms with van der Waals surface area (Å²) in [6.07, 6.45) is 0.902. The zero-order valence-electron chi connectivity index (χ0n) is 15.3. The van der Waals surface area contributed by atoms with E-state index in [0.29, 0.717) is 16.9 Å². The van der Waals surface area contributed by atoms with Crippen molar-refractivity contribution in [2.24, 2.45) is 23.7 Å². The van der Waals surface area contributed by atoms with Gasteiger partial charge in [-0.15, -0.1) is 0 Å². The first-order valence-electron chi connectivity index (χ1n) is 9.60. The number of benzene rings is 2. The minimum absolute atomic E-state index is 0.122. The fraction of sp³-hybridized carbons (Fsp3) is 0.318. The van der Waals surface area contributed by atoms with E-state index >= 15 is 0 Å². The average molecular weight is 518 g/mol. The van der Waals surface area contributed by atoms with Crippen LogP contribution in [-0.4, -0.2) is 27.4 Å². The molecule has 0 radical (unpaired) electrons. The van der Waals surface area contributed by atoms with Crippen LogP contribution in [0.4, 0.5) is 11.4 Å². The van der Waals surface area contributed by atoms with Crippen LogP contribution in [0.15, 0.2) is 54.6 Å². The van der Waals surface area contributed by atoms with E-state index in [1.807, 2.05) is 6.07 Å². The van der Waals surface area contributed by atoms with Gasteiger partial charge in [0, 0.05) is 20.9 Å². The second-order valence-corrected chi connectivity index (χ2v) is 10.0. The Bertz CT molecular complexity index is 980. The van der Waals surface area contributed by atoms with E-state index in [-0.39, 0.29) is 51.0 Å². The van der Waals surface area contributed by atoms with E-state index in [1.165, 1.54) is 4.90 Å². The molecule has 2 aliphatic carbocycles. The van der Waals surface area contributed by atoms with E-state index in [4.69, 9.17) is 0 Å². The van der Waals surface area contributed by atoms with Crippen molar-refractivity contribution in [2.75, 3.05) is 10.2 Å². The Hall–Kier alpha value is -1.99. The van der Waals surface area contributed by atoms with Crippen LogP contribution in [0.25, 0.3) is 0 Å². The number of halogens is 2. The van der Waals surface area contributed by atoms with Gasteiger partial charge in [-0.2, -0.15) is 0 Å². The maximum absolute atomic E-state index is 13.2. The van der Waals surface area contributed by atoms with Crippen molar-refractivity contribution < 1.29 is 14.4 Å². The highest BCUT2D eigenvalue weighted by atomic mass is 79.9. The molecule has 2 bridgehead atoms. The molecule has 5 nitrogen and oxygen atoms in total. The highest BCUT2D eigenvalue weighted by Gasteiger charge is 2.66. The molecule has 3 fully saturated rings. The van der Waals surface area contributed by atoms with Crippen LogP contribution in [0.2, 0.25) is 0 Å². The zero-order chi connectivity index (χ0) is 20.3. The quantitative estimate of drug-likeness (QED) is 0.489. The first-order chi connectivity index (χ1) is 14.0. The van der Waals surface area contributed by atoms with Gasteiger partial charge in [0.15, 0.2) is 0 Å². The lowest BCUT2D eigenvalue weighted by Gasteiger charge is -2.28. The summed E-state index contributed by atoms with van der Waals surface area (Å²) in [7, 11) is 0. The van der Waals surface area contributed by atoms with Crippen LogP contribution < -0.4 is 10.2 Å². The second-order valence-electron chi connectivity index (χ2n) is 7.89. The molecule has 1 heterocycles. The third-order valence-corrected chi connectivity index (χ3v) is 9.59. The van der Waals surface area contributed by atoms with E-state index in [1.54, 1.807) is 48.5 Å². The standard InChI is InChI=1S/C22H18Br2N2O3/c23-18-14-10-15(19(18)24)17-16(14)21(28)26(22(17)29)13-8-4-7-12(9-13)25-20(27)11-5-2-1-3-6-11/h1-9,14-19H,10H2,(H,25,27)/t14-,15-,16-,17+,18+,19+/m1/s1. The lowest BCUT2D eigenvalue weighted by atomic mass is 9.81. The van der Waals surface area contributed by atoms with Crippen molar-refractivity contribution in [3.8, 4) is 0 Å². The van der Waals surface area contributed by atoms with E-state index in [9.17, 15) is 14.4 Å². The molecule has 3 amide bonds. The molecule has 0 unspecified atom stereocenters. The predicted molar refractivity (Wildman–Crippen MR) is 117 cm³/mol. The number of anilines is 2. The fourth-order valence-electron chi connectivity index (χ4n) is 5.12. The number of fused-ring (bicyclic) bond motifs is 5. The minimum atomic E-state index is -0.256. The maximum Gasteiger partial charge on any atom is 0.255 e. The van der Waals surface area contributed by atoms with Crippen molar-refractivity contribution in [1.29, 1.82) is 0 Å². The molecular weight excluding hydrogens is 500 g/mol. The fourth-order valence-corrected chi connectivity index (χ4v) is 6.99. The Kier molecular flexibility index (Phi) is 4.62. The molecule has 3 aliphatic rings. The largest absolute Gasteiger partial charge is 0.322 e. The summed E-state index contributed by atoms with van der Waals surface area (Å²) in [4.78, 5) is 40.5. The molecule has 7 heteroatoms. The monoisotopic (exact) mass is 516 g/mol. The Labute approximate surface area is 185 Å². The minimum Gasteiger partial charge on any atom is -0.322 e. The Morgan fingerprint density at radius 2 is 1.52 bits per heavy atom. The molecule has 2 aromatic carbocycles. The molecule has 6 atom stereocenters. The SMILES string of the molecule is O=C(Nc1cccc(N2C(=O)[C@@H]3[C@H]4C[C@@H]([C@H](Br)[C@H]4Br)[C@@H]3C2=O)c1)c1ccccc1. The molecule has 1 aliphatic heterocycles. The van der Waals surface area contributed by atoms with Crippen LogP contribution in [0.5, 0.6) is 0 Å². The van der Waals surface area contributed by atoms with Gasteiger partial charge in [0.1, 0.15) is 0 Å². The highest BCUT2D eigenvalue weighted by molar-refractivity contribution is 9.12. The maximum atomic E-state index is 13.2. The van der Waals surface area contributed by atoms with Gasteiger partial charge in [-0.05, 0) is 48.6 Å². The van der Waals surface area contributed by atoms with Crippen LogP contribution in [0.3, 0.4) is 0 Å². The summed E-state index contributed by atoms with van der Waals surface area (Å²) in [6.45, 7) is 0. The number of carbonyl (C=O) groups excluding carboxylic acids is 3. The van der Waals surface area contributed by atoms with Crippen molar-refractivity contribution in [1.82, 2.24) is 0 Å². The average Bonchev–Trinajstić information content (AvgIpc) is 3.33. The molecule has 0 spiro atoms. The molecule has 1 N–H and O–H groups in total. The molecule has 29 heavy (non-hydrogen) atoms. The van der Waals surface area contributed by atoms with Crippen LogP contribution in [0.1, 0.15) is 16.8 Å². The number of hydrogen-bond acceptors (Lipinski definition) is 3. The lowest BCUT2D eigenvalue weighted by molar-refractivity contribution is -0.123. The summed E-state index contributed by atoms with van der Waals surface area (Å²) in [5.74, 6) is -0.637. The van der Waals surface area contributed by atoms with Crippen molar-refractivity contribution in [3.05, 3.63) is 60.2 Å². The molecular formula is C22H18Br2N2O3. The molecule has 148 valence electrons. The Balaban J connectivity index is 1.41. The lowest BCUT2D eigenvalue weighted by Crippen LogP contribution is -2.37. The topological polar surface area (TPSA) is 66.5 Å². The number of rotatable bonds is 3. The van der Waals surface area contributed by atoms with Gasteiger partial charge < -0.3 is 5.32 Å². The smallest absolute Gasteiger partial charge is 0.255 e. The van der Waals surface area contributed by atoms with Crippen molar-refractivity contribution >= 4 is 61.0 Å². The summed E-state index contributed by atoms with van der Waals surface area (Å²) in [5, 5.41) is 2.84. The highest BCUT2D eigenvalue weighted by Crippen LogP contribution is 2.60. The van der Waals surface area contributed by atoms with Gasteiger partial charge in [-0.1, -0.05) is 56.1 Å². The number of carbonyl (C=O) groups is 3.